The fraction of sp³-hybridized carbons (Fsp3) is 0.625. The highest BCUT2D eigenvalue weighted by atomic mass is 35.5. The van der Waals surface area contributed by atoms with Crippen LogP contribution in [0.15, 0.2) is 18.2 Å². The molecule has 1 saturated heterocycles. The number of rotatable bonds is 2. The van der Waals surface area contributed by atoms with E-state index >= 15 is 0 Å². The number of aliphatic hydroxyl groups is 1. The monoisotopic (exact) mass is 296 g/mol. The molecular weight excluding hydrogens is 272 g/mol. The molecule has 0 aliphatic carbocycles. The number of hydrogen-bond donors (Lipinski definition) is 1. The van der Waals surface area contributed by atoms with Crippen LogP contribution in [0, 0.1) is 0 Å². The molecule has 1 aliphatic rings. The molecule has 4 heteroatoms. The van der Waals surface area contributed by atoms with Crippen molar-refractivity contribution in [2.75, 3.05) is 31.1 Å². The Bertz CT molecular complexity index is 460. The first-order valence-corrected chi connectivity index (χ1v) is 7.64. The molecule has 3 nitrogen and oxygen atoms in total. The molecule has 0 bridgehead atoms. The van der Waals surface area contributed by atoms with Crippen LogP contribution in [0.25, 0.3) is 0 Å². The molecule has 0 amide bonds. The molecule has 1 N–H and O–H groups in total. The number of aliphatic hydroxyl groups excluding tert-OH is 1. The van der Waals surface area contributed by atoms with Crippen molar-refractivity contribution in [3.05, 3.63) is 28.8 Å². The van der Waals surface area contributed by atoms with Gasteiger partial charge in [0.05, 0.1) is 16.8 Å². The van der Waals surface area contributed by atoms with Gasteiger partial charge < -0.3 is 10.0 Å². The minimum Gasteiger partial charge on any atom is -0.389 e. The van der Waals surface area contributed by atoms with E-state index in [1.165, 1.54) is 0 Å². The fourth-order valence-corrected chi connectivity index (χ4v) is 2.97. The molecule has 112 valence electrons. The van der Waals surface area contributed by atoms with Crippen molar-refractivity contribution < 1.29 is 5.11 Å². The summed E-state index contributed by atoms with van der Waals surface area (Å²) >= 11 is 6.37. The summed E-state index contributed by atoms with van der Waals surface area (Å²) in [6, 6.07) is 5.86. The average molecular weight is 297 g/mol. The van der Waals surface area contributed by atoms with Crippen LogP contribution in [0.1, 0.15) is 39.4 Å². The van der Waals surface area contributed by atoms with Crippen molar-refractivity contribution in [2.24, 2.45) is 0 Å². The maximum Gasteiger partial charge on any atom is 0.0762 e. The Labute approximate surface area is 127 Å². The molecule has 0 spiro atoms. The Morgan fingerprint density at radius 1 is 1.15 bits per heavy atom. The van der Waals surface area contributed by atoms with Crippen molar-refractivity contribution in [3.8, 4) is 0 Å². The lowest BCUT2D eigenvalue weighted by Gasteiger charge is -2.43. The number of nitrogens with zero attached hydrogens (tertiary/aromatic N) is 2. The van der Waals surface area contributed by atoms with Crippen LogP contribution >= 0.6 is 11.6 Å². The van der Waals surface area contributed by atoms with Gasteiger partial charge in [0.15, 0.2) is 0 Å². The van der Waals surface area contributed by atoms with Gasteiger partial charge in [-0.25, -0.2) is 0 Å². The molecule has 0 saturated carbocycles. The Hall–Kier alpha value is -0.770. The van der Waals surface area contributed by atoms with E-state index in [-0.39, 0.29) is 5.54 Å². The number of hydrogen-bond acceptors (Lipinski definition) is 3. The standard InChI is InChI=1S/C16H25ClN2O/c1-12(20)13-5-6-15(14(17)11-13)18-7-9-19(10-8-18)16(2,3)4/h5-6,11-12,20H,7-10H2,1-4H3/t12-/m0/s1. The van der Waals surface area contributed by atoms with Crippen molar-refractivity contribution in [1.82, 2.24) is 4.90 Å². The zero-order chi connectivity index (χ0) is 14.9. The molecule has 1 atom stereocenters. The predicted octanol–water partition coefficient (Wildman–Crippen LogP) is 3.31. The zero-order valence-corrected chi connectivity index (χ0v) is 13.6. The zero-order valence-electron chi connectivity index (χ0n) is 12.9. The van der Waals surface area contributed by atoms with E-state index in [9.17, 15) is 5.11 Å². The summed E-state index contributed by atoms with van der Waals surface area (Å²) in [5.41, 5.74) is 2.17. The summed E-state index contributed by atoms with van der Waals surface area (Å²) < 4.78 is 0. The third-order valence-electron chi connectivity index (χ3n) is 4.02. The molecular formula is C16H25ClN2O. The van der Waals surface area contributed by atoms with Crippen molar-refractivity contribution >= 4 is 17.3 Å². The smallest absolute Gasteiger partial charge is 0.0762 e. The van der Waals surface area contributed by atoms with Crippen molar-refractivity contribution in [3.63, 3.8) is 0 Å². The van der Waals surface area contributed by atoms with E-state index in [4.69, 9.17) is 11.6 Å². The largest absolute Gasteiger partial charge is 0.389 e. The first-order valence-electron chi connectivity index (χ1n) is 7.26. The lowest BCUT2D eigenvalue weighted by Crippen LogP contribution is -2.53. The minimum absolute atomic E-state index is 0.228. The molecule has 1 heterocycles. The summed E-state index contributed by atoms with van der Waals surface area (Å²) in [7, 11) is 0. The van der Waals surface area contributed by atoms with E-state index in [1.54, 1.807) is 6.92 Å². The molecule has 1 aliphatic heterocycles. The second-order valence-electron chi connectivity index (χ2n) is 6.53. The van der Waals surface area contributed by atoms with Crippen LogP contribution in [0.5, 0.6) is 0 Å². The van der Waals surface area contributed by atoms with E-state index < -0.39 is 6.10 Å². The van der Waals surface area contributed by atoms with Gasteiger partial charge in [-0.3, -0.25) is 4.90 Å². The summed E-state index contributed by atoms with van der Waals surface area (Å²) in [5, 5.41) is 10.3. The summed E-state index contributed by atoms with van der Waals surface area (Å²) in [6.45, 7) is 12.6. The van der Waals surface area contributed by atoms with E-state index in [0.717, 1.165) is 42.5 Å². The summed E-state index contributed by atoms with van der Waals surface area (Å²) in [4.78, 5) is 4.83. The molecule has 0 unspecified atom stereocenters. The van der Waals surface area contributed by atoms with Gasteiger partial charge in [-0.05, 0) is 45.4 Å². The lowest BCUT2D eigenvalue weighted by atomic mass is 10.0. The highest BCUT2D eigenvalue weighted by Crippen LogP contribution is 2.30. The SMILES string of the molecule is C[C@H](O)c1ccc(N2CCN(C(C)(C)C)CC2)c(Cl)c1. The van der Waals surface area contributed by atoms with Gasteiger partial charge in [-0.15, -0.1) is 0 Å². The number of piperazine rings is 1. The minimum atomic E-state index is -0.473. The van der Waals surface area contributed by atoms with Crippen LogP contribution < -0.4 is 4.90 Å². The molecule has 1 fully saturated rings. The van der Waals surface area contributed by atoms with Crippen LogP contribution in [-0.4, -0.2) is 41.7 Å². The molecule has 2 rings (SSSR count). The van der Waals surface area contributed by atoms with E-state index in [1.807, 2.05) is 18.2 Å². The maximum atomic E-state index is 9.59. The lowest BCUT2D eigenvalue weighted by molar-refractivity contribution is 0.128. The third-order valence-corrected chi connectivity index (χ3v) is 4.33. The number of benzene rings is 1. The van der Waals surface area contributed by atoms with Gasteiger partial charge in [-0.1, -0.05) is 17.7 Å². The van der Waals surface area contributed by atoms with Crippen LogP contribution in [0.2, 0.25) is 5.02 Å². The quantitative estimate of drug-likeness (QED) is 0.907. The molecule has 0 aromatic heterocycles. The number of anilines is 1. The van der Waals surface area contributed by atoms with Crippen LogP contribution in [-0.2, 0) is 0 Å². The second kappa shape index (κ2) is 5.92. The van der Waals surface area contributed by atoms with Gasteiger partial charge in [0.1, 0.15) is 0 Å². The maximum absolute atomic E-state index is 9.59. The first kappa shape index (κ1) is 15.6. The fourth-order valence-electron chi connectivity index (χ4n) is 2.66. The van der Waals surface area contributed by atoms with Crippen LogP contribution in [0.3, 0.4) is 0 Å². The topological polar surface area (TPSA) is 26.7 Å². The van der Waals surface area contributed by atoms with Crippen molar-refractivity contribution in [2.45, 2.75) is 39.3 Å². The van der Waals surface area contributed by atoms with Gasteiger partial charge >= 0.3 is 0 Å². The highest BCUT2D eigenvalue weighted by molar-refractivity contribution is 6.33. The number of halogens is 1. The Balaban J connectivity index is 2.07. The van der Waals surface area contributed by atoms with E-state index in [0.29, 0.717) is 0 Å². The van der Waals surface area contributed by atoms with Crippen molar-refractivity contribution in [1.29, 1.82) is 0 Å². The molecule has 0 radical (unpaired) electrons. The van der Waals surface area contributed by atoms with E-state index in [2.05, 4.69) is 30.6 Å². The Morgan fingerprint density at radius 3 is 2.20 bits per heavy atom. The predicted molar refractivity (Wildman–Crippen MR) is 85.6 cm³/mol. The third kappa shape index (κ3) is 3.46. The summed E-state index contributed by atoms with van der Waals surface area (Å²) in [6.07, 6.45) is -0.473. The van der Waals surface area contributed by atoms with Crippen LogP contribution in [0.4, 0.5) is 5.69 Å². The first-order chi connectivity index (χ1) is 9.29. The molecule has 1 aromatic rings. The second-order valence-corrected chi connectivity index (χ2v) is 6.94. The molecule has 20 heavy (non-hydrogen) atoms. The Kier molecular flexibility index (Phi) is 4.62. The summed E-state index contributed by atoms with van der Waals surface area (Å²) in [5.74, 6) is 0. The van der Waals surface area contributed by atoms with Gasteiger partial charge in [0.25, 0.3) is 0 Å². The normalized spacial score (nSPS) is 19.2. The Morgan fingerprint density at radius 2 is 1.75 bits per heavy atom. The van der Waals surface area contributed by atoms with Gasteiger partial charge in [0.2, 0.25) is 0 Å². The van der Waals surface area contributed by atoms with Gasteiger partial charge in [-0.2, -0.15) is 0 Å². The molecule has 1 aromatic carbocycles. The average Bonchev–Trinajstić information content (AvgIpc) is 2.37. The van der Waals surface area contributed by atoms with Gasteiger partial charge in [0, 0.05) is 31.7 Å². The highest BCUT2D eigenvalue weighted by Gasteiger charge is 2.26.